The zero-order valence-electron chi connectivity index (χ0n) is 10.1. The van der Waals surface area contributed by atoms with E-state index in [1.807, 2.05) is 0 Å². The molecular formula is C11H17F2NO4. The monoisotopic (exact) mass is 265 g/mol. The molecule has 18 heavy (non-hydrogen) atoms. The fourth-order valence-electron chi connectivity index (χ4n) is 1.86. The van der Waals surface area contributed by atoms with Crippen LogP contribution in [0.25, 0.3) is 0 Å². The van der Waals surface area contributed by atoms with Gasteiger partial charge < -0.3 is 15.2 Å². The summed E-state index contributed by atoms with van der Waals surface area (Å²) in [7, 11) is 1.12. The first-order valence-corrected chi connectivity index (χ1v) is 5.77. The summed E-state index contributed by atoms with van der Waals surface area (Å²) in [5, 5.41) is 11.6. The van der Waals surface area contributed by atoms with Crippen molar-refractivity contribution < 1.29 is 28.2 Å². The molecular weight excluding hydrogens is 248 g/mol. The molecule has 1 amide bonds. The number of aliphatic hydroxyl groups excluding tert-OH is 1. The van der Waals surface area contributed by atoms with Crippen LogP contribution in [0.3, 0.4) is 0 Å². The highest BCUT2D eigenvalue weighted by molar-refractivity contribution is 5.80. The maximum absolute atomic E-state index is 12.9. The Hall–Kier alpha value is -1.24. The Bertz CT molecular complexity index is 312. The third-order valence-electron chi connectivity index (χ3n) is 3.03. The molecule has 0 radical (unpaired) electrons. The van der Waals surface area contributed by atoms with Crippen molar-refractivity contribution in [3.05, 3.63) is 0 Å². The lowest BCUT2D eigenvalue weighted by molar-refractivity contribution is -0.150. The van der Waals surface area contributed by atoms with E-state index < -0.39 is 29.8 Å². The van der Waals surface area contributed by atoms with Crippen LogP contribution in [0.1, 0.15) is 25.7 Å². The zero-order chi connectivity index (χ0) is 13.8. The number of carbonyl (C=O) groups is 2. The van der Waals surface area contributed by atoms with Gasteiger partial charge in [-0.1, -0.05) is 0 Å². The van der Waals surface area contributed by atoms with Gasteiger partial charge in [0.05, 0.1) is 13.7 Å². The molecule has 0 aliphatic heterocycles. The summed E-state index contributed by atoms with van der Waals surface area (Å²) in [6.07, 6.45) is -1.79. The highest BCUT2D eigenvalue weighted by Gasteiger charge is 2.37. The van der Waals surface area contributed by atoms with Gasteiger partial charge in [0.15, 0.2) is 6.10 Å². The van der Waals surface area contributed by atoms with Crippen molar-refractivity contribution in [2.75, 3.05) is 13.7 Å². The number of ether oxygens (including phenoxy) is 1. The van der Waals surface area contributed by atoms with Gasteiger partial charge in [-0.3, -0.25) is 4.79 Å². The molecule has 1 atom stereocenters. The lowest BCUT2D eigenvalue weighted by Crippen LogP contribution is -2.41. The second-order valence-corrected chi connectivity index (χ2v) is 4.41. The molecule has 0 saturated heterocycles. The second kappa shape index (κ2) is 6.08. The maximum atomic E-state index is 12.9. The summed E-state index contributed by atoms with van der Waals surface area (Å²) in [5.74, 6) is -4.41. The van der Waals surface area contributed by atoms with Gasteiger partial charge in [-0.25, -0.2) is 13.6 Å². The topological polar surface area (TPSA) is 75.6 Å². The number of amides is 1. The predicted octanol–water partition coefficient (Wildman–Crippen LogP) is 0.462. The normalized spacial score (nSPS) is 21.1. The van der Waals surface area contributed by atoms with Crippen LogP contribution in [-0.4, -0.2) is 42.7 Å². The molecule has 1 saturated carbocycles. The van der Waals surface area contributed by atoms with Crippen LogP contribution >= 0.6 is 0 Å². The molecule has 1 rings (SSSR count). The molecule has 7 heteroatoms. The third-order valence-corrected chi connectivity index (χ3v) is 3.03. The van der Waals surface area contributed by atoms with E-state index in [1.165, 1.54) is 0 Å². The van der Waals surface area contributed by atoms with Crippen molar-refractivity contribution in [2.45, 2.75) is 37.7 Å². The minimum absolute atomic E-state index is 0.118. The zero-order valence-corrected chi connectivity index (χ0v) is 10.1. The lowest BCUT2D eigenvalue weighted by atomic mass is 9.86. The molecule has 1 aliphatic carbocycles. The number of esters is 1. The summed E-state index contributed by atoms with van der Waals surface area (Å²) in [4.78, 5) is 22.5. The van der Waals surface area contributed by atoms with Gasteiger partial charge in [0, 0.05) is 18.8 Å². The molecule has 0 aromatic rings. The number of hydrogen-bond donors (Lipinski definition) is 2. The van der Waals surface area contributed by atoms with E-state index in [9.17, 15) is 23.5 Å². The predicted molar refractivity (Wildman–Crippen MR) is 57.9 cm³/mol. The molecule has 1 fully saturated rings. The fourth-order valence-corrected chi connectivity index (χ4v) is 1.86. The highest BCUT2D eigenvalue weighted by atomic mass is 19.3. The highest BCUT2D eigenvalue weighted by Crippen LogP contribution is 2.36. The fraction of sp³-hybridized carbons (Fsp3) is 0.818. The average molecular weight is 265 g/mol. The second-order valence-electron chi connectivity index (χ2n) is 4.41. The number of carbonyl (C=O) groups excluding carboxylic acids is 2. The summed E-state index contributed by atoms with van der Waals surface area (Å²) >= 11 is 0. The number of methoxy groups -OCH3 is 1. The lowest BCUT2D eigenvalue weighted by Gasteiger charge is -2.27. The Balaban J connectivity index is 2.32. The van der Waals surface area contributed by atoms with E-state index in [2.05, 4.69) is 10.1 Å². The first kappa shape index (κ1) is 14.8. The number of halogens is 2. The van der Waals surface area contributed by atoms with E-state index in [0.29, 0.717) is 0 Å². The van der Waals surface area contributed by atoms with Gasteiger partial charge in [0.2, 0.25) is 11.8 Å². The van der Waals surface area contributed by atoms with Crippen LogP contribution in [0.4, 0.5) is 8.78 Å². The van der Waals surface area contributed by atoms with Gasteiger partial charge in [-0.15, -0.1) is 0 Å². The Morgan fingerprint density at radius 3 is 2.50 bits per heavy atom. The summed E-state index contributed by atoms with van der Waals surface area (Å²) < 4.78 is 30.0. The molecule has 0 bridgehead atoms. The van der Waals surface area contributed by atoms with Crippen molar-refractivity contribution in [3.63, 3.8) is 0 Å². The molecule has 0 aromatic carbocycles. The van der Waals surface area contributed by atoms with E-state index in [4.69, 9.17) is 0 Å². The number of nitrogens with one attached hydrogen (secondary N) is 1. The number of aliphatic hydroxyl groups is 1. The Morgan fingerprint density at radius 1 is 1.44 bits per heavy atom. The molecule has 104 valence electrons. The van der Waals surface area contributed by atoms with Crippen LogP contribution in [0.5, 0.6) is 0 Å². The van der Waals surface area contributed by atoms with Crippen LogP contribution in [0, 0.1) is 5.92 Å². The Labute approximate surface area is 103 Å². The molecule has 0 aromatic heterocycles. The van der Waals surface area contributed by atoms with Gasteiger partial charge >= 0.3 is 5.97 Å². The standard InChI is InChI=1S/C11H17F2NO4/c1-18-10(17)8(15)6-14-9(16)7-2-4-11(12,13)5-3-7/h7-8,15H,2-6H2,1H3,(H,14,16). The molecule has 1 unspecified atom stereocenters. The molecule has 5 nitrogen and oxygen atoms in total. The first-order chi connectivity index (χ1) is 8.35. The van der Waals surface area contributed by atoms with Crippen molar-refractivity contribution in [2.24, 2.45) is 5.92 Å². The Kier molecular flexibility index (Phi) is 5.01. The number of rotatable bonds is 4. The number of hydrogen-bond acceptors (Lipinski definition) is 4. The molecule has 0 heterocycles. The smallest absolute Gasteiger partial charge is 0.336 e. The van der Waals surface area contributed by atoms with Gasteiger partial charge in [0.1, 0.15) is 0 Å². The van der Waals surface area contributed by atoms with Crippen LogP contribution < -0.4 is 5.32 Å². The van der Waals surface area contributed by atoms with Crippen molar-refractivity contribution in [1.82, 2.24) is 5.32 Å². The summed E-state index contributed by atoms with van der Waals surface area (Å²) in [6, 6.07) is 0. The van der Waals surface area contributed by atoms with E-state index in [1.54, 1.807) is 0 Å². The van der Waals surface area contributed by atoms with Gasteiger partial charge in [0.25, 0.3) is 0 Å². The van der Waals surface area contributed by atoms with E-state index >= 15 is 0 Å². The maximum Gasteiger partial charge on any atom is 0.336 e. The van der Waals surface area contributed by atoms with E-state index in [0.717, 1.165) is 7.11 Å². The third kappa shape index (κ3) is 4.21. The van der Waals surface area contributed by atoms with Crippen LogP contribution in [0.2, 0.25) is 0 Å². The van der Waals surface area contributed by atoms with Gasteiger partial charge in [-0.2, -0.15) is 0 Å². The molecule has 0 spiro atoms. The summed E-state index contributed by atoms with van der Waals surface area (Å²) in [5.41, 5.74) is 0. The van der Waals surface area contributed by atoms with E-state index in [-0.39, 0.29) is 32.2 Å². The Morgan fingerprint density at radius 2 is 2.00 bits per heavy atom. The van der Waals surface area contributed by atoms with Crippen molar-refractivity contribution >= 4 is 11.9 Å². The van der Waals surface area contributed by atoms with Crippen LogP contribution in [-0.2, 0) is 14.3 Å². The first-order valence-electron chi connectivity index (χ1n) is 5.77. The number of alkyl halides is 2. The largest absolute Gasteiger partial charge is 0.467 e. The van der Waals surface area contributed by atoms with Gasteiger partial charge in [-0.05, 0) is 12.8 Å². The molecule has 2 N–H and O–H groups in total. The average Bonchev–Trinajstić information content (AvgIpc) is 2.34. The quantitative estimate of drug-likeness (QED) is 0.724. The van der Waals surface area contributed by atoms with Crippen LogP contribution in [0.15, 0.2) is 0 Å². The summed E-state index contributed by atoms with van der Waals surface area (Å²) in [6.45, 7) is -0.265. The van der Waals surface area contributed by atoms with Crippen molar-refractivity contribution in [1.29, 1.82) is 0 Å². The molecule has 1 aliphatic rings. The SMILES string of the molecule is COC(=O)C(O)CNC(=O)C1CCC(F)(F)CC1. The van der Waals surface area contributed by atoms with Crippen molar-refractivity contribution in [3.8, 4) is 0 Å². The minimum atomic E-state index is -2.68. The minimum Gasteiger partial charge on any atom is -0.467 e.